The molecule has 3 aromatic rings. The van der Waals surface area contributed by atoms with Gasteiger partial charge in [-0.15, -0.1) is 5.10 Å². The maximum Gasteiger partial charge on any atom is 0.236 e. The van der Waals surface area contributed by atoms with E-state index in [4.69, 9.17) is 5.26 Å². The summed E-state index contributed by atoms with van der Waals surface area (Å²) in [5.74, 6) is -0.130. The average molecular weight is 349 g/mol. The molecule has 26 heavy (non-hydrogen) atoms. The lowest BCUT2D eigenvalue weighted by Gasteiger charge is -2.38. The van der Waals surface area contributed by atoms with E-state index in [2.05, 4.69) is 25.1 Å². The van der Waals surface area contributed by atoms with Crippen LogP contribution in [0.2, 0.25) is 0 Å². The van der Waals surface area contributed by atoms with Crippen LogP contribution >= 0.6 is 0 Å². The van der Waals surface area contributed by atoms with Gasteiger partial charge >= 0.3 is 0 Å². The minimum atomic E-state index is -0.130. The number of anilines is 1. The van der Waals surface area contributed by atoms with E-state index in [0.29, 0.717) is 6.54 Å². The number of aromatic amines is 1. The van der Waals surface area contributed by atoms with Gasteiger partial charge in [-0.1, -0.05) is 0 Å². The topological polar surface area (TPSA) is 102 Å². The fourth-order valence-electron chi connectivity index (χ4n) is 3.68. The Kier molecular flexibility index (Phi) is 4.13. The van der Waals surface area contributed by atoms with E-state index in [9.17, 15) is 4.79 Å². The summed E-state index contributed by atoms with van der Waals surface area (Å²) in [4.78, 5) is 23.6. The molecule has 0 bridgehead atoms. The molecule has 1 aliphatic rings. The monoisotopic (exact) mass is 349 g/mol. The smallest absolute Gasteiger partial charge is 0.236 e. The molecule has 0 spiro atoms. The minimum Gasteiger partial charge on any atom is -0.368 e. The first-order valence-corrected chi connectivity index (χ1v) is 8.64. The average Bonchev–Trinajstić information content (AvgIpc) is 3.16. The molecule has 1 unspecified atom stereocenters. The number of H-pyrrole nitrogens is 1. The van der Waals surface area contributed by atoms with E-state index < -0.39 is 0 Å². The number of carbonyl (C=O) groups is 1. The van der Waals surface area contributed by atoms with Gasteiger partial charge in [0, 0.05) is 43.1 Å². The number of piperidine rings is 1. The van der Waals surface area contributed by atoms with Gasteiger partial charge in [-0.05, 0) is 18.9 Å². The molecule has 0 aliphatic carbocycles. The molecule has 1 N–H and O–H groups in total. The molecule has 1 saturated heterocycles. The maximum absolute atomic E-state index is 12.1. The zero-order valence-corrected chi connectivity index (χ0v) is 14.5. The third-order valence-corrected chi connectivity index (χ3v) is 5.08. The molecule has 4 rings (SSSR count). The van der Waals surface area contributed by atoms with Crippen molar-refractivity contribution < 1.29 is 4.79 Å². The number of nitrogens with one attached hydrogen (secondary N) is 1. The summed E-state index contributed by atoms with van der Waals surface area (Å²) in [6.07, 6.45) is 7.21. The second kappa shape index (κ2) is 6.59. The molecule has 0 saturated carbocycles. The summed E-state index contributed by atoms with van der Waals surface area (Å²) >= 11 is 0. The molecule has 132 valence electrons. The van der Waals surface area contributed by atoms with Gasteiger partial charge < -0.3 is 14.8 Å². The van der Waals surface area contributed by atoms with Gasteiger partial charge in [0.25, 0.3) is 0 Å². The second-order valence-electron chi connectivity index (χ2n) is 6.57. The molecule has 0 aromatic carbocycles. The summed E-state index contributed by atoms with van der Waals surface area (Å²) in [7, 11) is 1.78. The number of amides is 1. The standard InChI is InChI=1S/C18H19N7O/c1-24(16(26)4-6-19)12-3-2-8-25(11-12)15-10-22-23-14-9-21-18-13(17(14)15)5-7-20-18/h5,7,9-10,12H,2-4,8,11H2,1H3,(H,20,21). The van der Waals surface area contributed by atoms with E-state index in [1.165, 1.54) is 0 Å². The summed E-state index contributed by atoms with van der Waals surface area (Å²) in [5, 5.41) is 19.2. The number of hydrogen-bond donors (Lipinski definition) is 1. The van der Waals surface area contributed by atoms with Crippen LogP contribution in [0.3, 0.4) is 0 Å². The molecule has 1 atom stereocenters. The lowest BCUT2D eigenvalue weighted by molar-refractivity contribution is -0.131. The molecule has 4 heterocycles. The van der Waals surface area contributed by atoms with Crippen LogP contribution < -0.4 is 4.90 Å². The van der Waals surface area contributed by atoms with Crippen molar-refractivity contribution in [2.24, 2.45) is 0 Å². The molecule has 1 aliphatic heterocycles. The Bertz CT molecular complexity index is 1010. The Labute approximate surface area is 150 Å². The Morgan fingerprint density at radius 1 is 1.50 bits per heavy atom. The SMILES string of the molecule is CN(C(=O)CC#N)C1CCCN(c2cnnc3cnc4[nH]ccc4c23)C1. The van der Waals surface area contributed by atoms with E-state index in [-0.39, 0.29) is 18.4 Å². The quantitative estimate of drug-likeness (QED) is 0.774. The number of pyridine rings is 1. The molecule has 3 aromatic heterocycles. The van der Waals surface area contributed by atoms with Crippen LogP contribution in [-0.2, 0) is 4.79 Å². The largest absolute Gasteiger partial charge is 0.368 e. The van der Waals surface area contributed by atoms with E-state index in [1.54, 1.807) is 24.3 Å². The van der Waals surface area contributed by atoms with Crippen molar-refractivity contribution in [2.45, 2.75) is 25.3 Å². The minimum absolute atomic E-state index is 0.0800. The fraction of sp³-hybridized carbons (Fsp3) is 0.389. The molecule has 1 fully saturated rings. The molecular formula is C18H19N7O. The van der Waals surface area contributed by atoms with Gasteiger partial charge in [0.1, 0.15) is 17.6 Å². The highest BCUT2D eigenvalue weighted by atomic mass is 16.2. The van der Waals surface area contributed by atoms with E-state index in [0.717, 1.165) is 47.0 Å². The number of rotatable bonds is 3. The predicted molar refractivity (Wildman–Crippen MR) is 97.4 cm³/mol. The van der Waals surface area contributed by atoms with Crippen LogP contribution in [0.5, 0.6) is 0 Å². The van der Waals surface area contributed by atoms with Crippen molar-refractivity contribution in [3.63, 3.8) is 0 Å². The van der Waals surface area contributed by atoms with Crippen molar-refractivity contribution in [3.05, 3.63) is 24.7 Å². The van der Waals surface area contributed by atoms with Crippen LogP contribution in [0.1, 0.15) is 19.3 Å². The van der Waals surface area contributed by atoms with E-state index in [1.807, 2.05) is 18.3 Å². The highest BCUT2D eigenvalue weighted by Crippen LogP contribution is 2.32. The summed E-state index contributed by atoms with van der Waals surface area (Å²) in [6, 6.07) is 4.02. The van der Waals surface area contributed by atoms with Crippen LogP contribution in [0, 0.1) is 11.3 Å². The molecule has 8 nitrogen and oxygen atoms in total. The van der Waals surface area contributed by atoms with Crippen molar-refractivity contribution in [1.82, 2.24) is 25.1 Å². The summed E-state index contributed by atoms with van der Waals surface area (Å²) < 4.78 is 0. The molecule has 1 amide bonds. The molecule has 8 heteroatoms. The van der Waals surface area contributed by atoms with Crippen molar-refractivity contribution in [2.75, 3.05) is 25.0 Å². The normalized spacial score (nSPS) is 17.4. The molecular weight excluding hydrogens is 330 g/mol. The number of likely N-dealkylation sites (N-methyl/N-ethyl adjacent to an activating group) is 1. The first-order valence-electron chi connectivity index (χ1n) is 8.64. The Hall–Kier alpha value is -3.21. The van der Waals surface area contributed by atoms with Crippen LogP contribution in [0.4, 0.5) is 5.69 Å². The molecule has 0 radical (unpaired) electrons. The zero-order valence-electron chi connectivity index (χ0n) is 14.5. The Morgan fingerprint density at radius 3 is 3.23 bits per heavy atom. The third kappa shape index (κ3) is 2.71. The van der Waals surface area contributed by atoms with Crippen molar-refractivity contribution in [1.29, 1.82) is 5.26 Å². The van der Waals surface area contributed by atoms with Gasteiger partial charge in [0.15, 0.2) is 0 Å². The Morgan fingerprint density at radius 2 is 2.38 bits per heavy atom. The number of fused-ring (bicyclic) bond motifs is 3. The number of nitriles is 1. The van der Waals surface area contributed by atoms with Crippen LogP contribution in [0.25, 0.3) is 21.9 Å². The van der Waals surface area contributed by atoms with Gasteiger partial charge in [0.05, 0.1) is 24.2 Å². The van der Waals surface area contributed by atoms with E-state index >= 15 is 0 Å². The first-order chi connectivity index (χ1) is 12.7. The predicted octanol–water partition coefficient (Wildman–Crippen LogP) is 1.85. The number of nitrogens with zero attached hydrogens (tertiary/aromatic N) is 6. The van der Waals surface area contributed by atoms with Gasteiger partial charge in [-0.25, -0.2) is 4.98 Å². The van der Waals surface area contributed by atoms with Crippen molar-refractivity contribution >= 4 is 33.5 Å². The van der Waals surface area contributed by atoms with Crippen LogP contribution in [-0.4, -0.2) is 57.2 Å². The Balaban J connectivity index is 1.70. The number of hydrogen-bond acceptors (Lipinski definition) is 6. The lowest BCUT2D eigenvalue weighted by atomic mass is 10.0. The third-order valence-electron chi connectivity index (χ3n) is 5.08. The first kappa shape index (κ1) is 16.3. The fourth-order valence-corrected chi connectivity index (χ4v) is 3.68. The zero-order chi connectivity index (χ0) is 18.1. The lowest BCUT2D eigenvalue weighted by Crippen LogP contribution is -2.48. The highest BCUT2D eigenvalue weighted by molar-refractivity contribution is 6.09. The van der Waals surface area contributed by atoms with Crippen LogP contribution in [0.15, 0.2) is 24.7 Å². The maximum atomic E-state index is 12.1. The highest BCUT2D eigenvalue weighted by Gasteiger charge is 2.27. The number of carbonyl (C=O) groups excluding carboxylic acids is 1. The van der Waals surface area contributed by atoms with Crippen molar-refractivity contribution in [3.8, 4) is 6.07 Å². The summed E-state index contributed by atoms with van der Waals surface area (Å²) in [6.45, 7) is 1.61. The summed E-state index contributed by atoms with van der Waals surface area (Å²) in [5.41, 5.74) is 2.58. The van der Waals surface area contributed by atoms with Gasteiger partial charge in [0.2, 0.25) is 5.91 Å². The number of aromatic nitrogens is 4. The second-order valence-corrected chi connectivity index (χ2v) is 6.57. The van der Waals surface area contributed by atoms with Gasteiger partial charge in [-0.3, -0.25) is 4.79 Å². The van der Waals surface area contributed by atoms with Gasteiger partial charge in [-0.2, -0.15) is 10.4 Å².